The zero-order valence-corrected chi connectivity index (χ0v) is 31.8. The van der Waals surface area contributed by atoms with E-state index in [1.807, 2.05) is 78.9 Å². The molecular formula is C53H34N4S. The summed E-state index contributed by atoms with van der Waals surface area (Å²) in [5.74, 6) is 1.42. The van der Waals surface area contributed by atoms with Gasteiger partial charge in [-0.3, -0.25) is 0 Å². The smallest absolute Gasteiger partial charge is 0.166 e. The first-order valence-electron chi connectivity index (χ1n) is 22.3. The molecule has 0 N–H and O–H groups in total. The first-order valence-corrected chi connectivity index (χ1v) is 20.2. The Labute approximate surface area is 347 Å². The Morgan fingerprint density at radius 2 is 1.10 bits per heavy atom. The van der Waals surface area contributed by atoms with Gasteiger partial charge >= 0.3 is 0 Å². The Balaban J connectivity index is 1.25. The highest BCUT2D eigenvalue weighted by atomic mass is 32.1. The van der Waals surface area contributed by atoms with Gasteiger partial charge < -0.3 is 4.57 Å². The third kappa shape index (κ3) is 5.10. The molecule has 0 saturated heterocycles. The Morgan fingerprint density at radius 1 is 0.500 bits per heavy atom. The molecule has 5 heteroatoms. The first kappa shape index (κ1) is 27.4. The average molecular weight is 765 g/mol. The largest absolute Gasteiger partial charge is 0.312 e. The summed E-state index contributed by atoms with van der Waals surface area (Å²) in [5.41, 5.74) is 7.25. The van der Waals surface area contributed by atoms with Crippen LogP contribution in [0.3, 0.4) is 0 Å². The van der Waals surface area contributed by atoms with Crippen LogP contribution in [0.1, 0.15) is 25.9 Å². The molecule has 0 saturated carbocycles. The summed E-state index contributed by atoms with van der Waals surface area (Å²) in [5, 5.41) is 5.77. The van der Waals surface area contributed by atoms with Crippen molar-refractivity contribution in [2.75, 3.05) is 0 Å². The van der Waals surface area contributed by atoms with Crippen molar-refractivity contribution in [2.45, 2.75) is 12.8 Å². The van der Waals surface area contributed by atoms with Crippen LogP contribution in [0.15, 0.2) is 176 Å². The number of para-hydroxylation sites is 2. The zero-order valence-electron chi connectivity index (χ0n) is 37.0. The molecule has 0 aliphatic heterocycles. The van der Waals surface area contributed by atoms with Gasteiger partial charge in [0.2, 0.25) is 0 Å². The first-order chi connectivity index (χ1) is 31.3. The van der Waals surface area contributed by atoms with E-state index in [1.165, 1.54) is 17.4 Å². The van der Waals surface area contributed by atoms with Crippen molar-refractivity contribution in [3.63, 3.8) is 0 Å². The van der Waals surface area contributed by atoms with Crippen LogP contribution < -0.4 is 0 Å². The number of benzene rings is 8. The number of fused-ring (bicyclic) bond motifs is 8. The number of nitrogens with zero attached hydrogens (tertiary/aromatic N) is 4. The van der Waals surface area contributed by atoms with Crippen molar-refractivity contribution in [1.29, 1.82) is 0 Å². The second-order valence-corrected chi connectivity index (χ2v) is 15.6. The third-order valence-corrected chi connectivity index (χ3v) is 12.4. The molecule has 272 valence electrons. The fourth-order valence-electron chi connectivity index (χ4n) is 8.73. The Kier molecular flexibility index (Phi) is 6.23. The summed E-state index contributed by atoms with van der Waals surface area (Å²) in [4.78, 5) is 16.0. The molecule has 8 aromatic carbocycles. The average Bonchev–Trinajstić information content (AvgIpc) is 3.89. The Hall–Kier alpha value is -7.21. The van der Waals surface area contributed by atoms with Gasteiger partial charge in [-0.1, -0.05) is 164 Å². The van der Waals surface area contributed by atoms with E-state index in [0.717, 1.165) is 67.7 Å². The van der Waals surface area contributed by atoms with Crippen LogP contribution >= 0.6 is 11.3 Å². The maximum absolute atomic E-state index is 9.68. The van der Waals surface area contributed by atoms with E-state index in [4.69, 9.17) is 19.1 Å². The SMILES string of the molecule is [2H]c1cc([2H])c2sc3c(-c4cccc(-c5nc(-c6cccc7ccccc67)nc(-c6cccc7ccccc67)n5)c4-n4c5c(c6ccccc64)C=CCC5)c([2H])c([2H])c([2H])c3c2c1[2H]. The summed E-state index contributed by atoms with van der Waals surface area (Å²) in [7, 11) is 0. The molecule has 4 nitrogen and oxygen atoms in total. The minimum atomic E-state index is -0.293. The van der Waals surface area contributed by atoms with Crippen molar-refractivity contribution in [1.82, 2.24) is 19.5 Å². The maximum atomic E-state index is 9.68. The van der Waals surface area contributed by atoms with E-state index >= 15 is 0 Å². The van der Waals surface area contributed by atoms with Crippen LogP contribution in [-0.4, -0.2) is 19.5 Å². The van der Waals surface area contributed by atoms with Gasteiger partial charge in [0.05, 0.1) is 19.4 Å². The molecule has 3 heterocycles. The van der Waals surface area contributed by atoms with E-state index < -0.39 is 0 Å². The quantitative estimate of drug-likeness (QED) is 0.175. The van der Waals surface area contributed by atoms with Crippen molar-refractivity contribution in [3.8, 4) is 51.0 Å². The van der Waals surface area contributed by atoms with Gasteiger partial charge in [0.1, 0.15) is 0 Å². The monoisotopic (exact) mass is 764 g/mol. The van der Waals surface area contributed by atoms with E-state index in [-0.39, 0.29) is 36.3 Å². The Bertz CT molecular complexity index is 3730. The molecule has 0 atom stereocenters. The standard InChI is InChI=1S/C53H34N4S/c1-3-19-35-33(15-1)17-11-27-43(35)51-54-52(44-28-12-18-34-16-2-4-20-36(34)44)56-53(55-51)45-29-13-24-40(42-26-14-25-41-39-23-7-10-32-48(39)58-50(41)42)49(45)57-46-30-8-5-21-37(46)38-22-6-9-31-47(38)57/h1-8,10-30,32H,9,31H2/i7D,14D,23D,25D,26D,32D. The molecule has 11 aromatic rings. The van der Waals surface area contributed by atoms with Crippen LogP contribution in [0, 0.1) is 0 Å². The molecule has 12 rings (SSSR count). The van der Waals surface area contributed by atoms with Gasteiger partial charge in [-0.25, -0.2) is 15.0 Å². The van der Waals surface area contributed by atoms with Crippen LogP contribution in [0.5, 0.6) is 0 Å². The molecule has 0 amide bonds. The highest BCUT2D eigenvalue weighted by Crippen LogP contribution is 2.46. The minimum Gasteiger partial charge on any atom is -0.312 e. The summed E-state index contributed by atoms with van der Waals surface area (Å²) in [6.07, 6.45) is 5.95. The lowest BCUT2D eigenvalue weighted by atomic mass is 9.96. The van der Waals surface area contributed by atoms with E-state index in [2.05, 4.69) is 65.3 Å². The summed E-state index contributed by atoms with van der Waals surface area (Å²) < 4.78 is 57.8. The predicted molar refractivity (Wildman–Crippen MR) is 244 cm³/mol. The van der Waals surface area contributed by atoms with Gasteiger partial charge in [0, 0.05) is 64.6 Å². The number of hydrogen-bond acceptors (Lipinski definition) is 4. The van der Waals surface area contributed by atoms with Gasteiger partial charge in [-0.15, -0.1) is 11.3 Å². The third-order valence-electron chi connectivity index (χ3n) is 11.3. The van der Waals surface area contributed by atoms with Crippen LogP contribution in [0.2, 0.25) is 0 Å². The van der Waals surface area contributed by atoms with E-state index in [0.29, 0.717) is 60.0 Å². The van der Waals surface area contributed by atoms with Gasteiger partial charge in [-0.2, -0.15) is 0 Å². The molecule has 1 aliphatic carbocycles. The number of allylic oxidation sites excluding steroid dienone is 1. The fraction of sp³-hybridized carbons (Fsp3) is 0.0377. The molecule has 0 fully saturated rings. The van der Waals surface area contributed by atoms with Crippen LogP contribution in [0.4, 0.5) is 0 Å². The van der Waals surface area contributed by atoms with Crippen LogP contribution in [0.25, 0.3) is 110 Å². The molecule has 1 aliphatic rings. The highest BCUT2D eigenvalue weighted by Gasteiger charge is 2.26. The normalized spacial score (nSPS) is 14.1. The summed E-state index contributed by atoms with van der Waals surface area (Å²) >= 11 is 1.24. The van der Waals surface area contributed by atoms with E-state index in [1.54, 1.807) is 0 Å². The molecule has 3 aromatic heterocycles. The van der Waals surface area contributed by atoms with E-state index in [9.17, 15) is 4.11 Å². The molecule has 0 unspecified atom stereocenters. The molecule has 58 heavy (non-hydrogen) atoms. The van der Waals surface area contributed by atoms with Crippen molar-refractivity contribution in [3.05, 3.63) is 187 Å². The number of thiophene rings is 1. The molecular weight excluding hydrogens is 725 g/mol. The zero-order chi connectivity index (χ0) is 43.4. The van der Waals surface area contributed by atoms with Gasteiger partial charge in [0.15, 0.2) is 17.5 Å². The molecule has 0 bridgehead atoms. The lowest BCUT2D eigenvalue weighted by molar-refractivity contribution is 0.889. The second-order valence-electron chi connectivity index (χ2n) is 14.5. The molecule has 0 spiro atoms. The lowest BCUT2D eigenvalue weighted by Gasteiger charge is -2.21. The second kappa shape index (κ2) is 13.2. The number of hydrogen-bond donors (Lipinski definition) is 0. The number of rotatable bonds is 5. The van der Waals surface area contributed by atoms with Gasteiger partial charge in [-0.05, 0) is 52.6 Å². The Morgan fingerprint density at radius 3 is 1.86 bits per heavy atom. The van der Waals surface area contributed by atoms with Crippen molar-refractivity contribution in [2.24, 2.45) is 0 Å². The lowest BCUT2D eigenvalue weighted by Crippen LogP contribution is -2.08. The minimum absolute atomic E-state index is 0.0685. The van der Waals surface area contributed by atoms with Crippen LogP contribution in [-0.2, 0) is 6.42 Å². The van der Waals surface area contributed by atoms with Gasteiger partial charge in [0.25, 0.3) is 0 Å². The predicted octanol–water partition coefficient (Wildman–Crippen LogP) is 14.1. The molecule has 0 radical (unpaired) electrons. The van der Waals surface area contributed by atoms with Crippen molar-refractivity contribution >= 4 is 70.0 Å². The number of aromatic nitrogens is 4. The highest BCUT2D eigenvalue weighted by molar-refractivity contribution is 7.26. The summed E-state index contributed by atoms with van der Waals surface area (Å²) in [6.45, 7) is 0. The topological polar surface area (TPSA) is 43.6 Å². The fourth-order valence-corrected chi connectivity index (χ4v) is 9.83. The van der Waals surface area contributed by atoms with Crippen molar-refractivity contribution < 1.29 is 8.22 Å². The maximum Gasteiger partial charge on any atom is 0.166 e. The summed E-state index contributed by atoms with van der Waals surface area (Å²) in [6, 6.07) is 43.4.